The van der Waals surface area contributed by atoms with E-state index in [9.17, 15) is 0 Å². The van der Waals surface area contributed by atoms with Crippen molar-refractivity contribution in [2.75, 3.05) is 0 Å². The highest BCUT2D eigenvalue weighted by atomic mass is 32.1. The first kappa shape index (κ1) is 12.5. The highest BCUT2D eigenvalue weighted by Gasteiger charge is 2.16. The van der Waals surface area contributed by atoms with Crippen molar-refractivity contribution in [1.29, 1.82) is 0 Å². The third kappa shape index (κ3) is 2.02. The molecule has 21 heavy (non-hydrogen) atoms. The zero-order chi connectivity index (χ0) is 14.2. The zero-order valence-corrected chi connectivity index (χ0v) is 12.2. The van der Waals surface area contributed by atoms with E-state index in [-0.39, 0.29) is 6.04 Å². The van der Waals surface area contributed by atoms with E-state index in [1.165, 1.54) is 15.6 Å². The van der Waals surface area contributed by atoms with Gasteiger partial charge in [-0.15, -0.1) is 11.3 Å². The summed E-state index contributed by atoms with van der Waals surface area (Å²) >= 11 is 1.74. The summed E-state index contributed by atoms with van der Waals surface area (Å²) in [6.45, 7) is 0. The predicted octanol–water partition coefficient (Wildman–Crippen LogP) is 4.50. The third-order valence-corrected chi connectivity index (χ3v) is 4.83. The first-order chi connectivity index (χ1) is 10.3. The first-order valence-corrected chi connectivity index (χ1v) is 7.78. The van der Waals surface area contributed by atoms with Crippen LogP contribution in [-0.2, 0) is 0 Å². The van der Waals surface area contributed by atoms with Gasteiger partial charge < -0.3 is 5.73 Å². The molecular formula is C18H14N2S. The van der Waals surface area contributed by atoms with Gasteiger partial charge in [-0.2, -0.15) is 0 Å². The van der Waals surface area contributed by atoms with E-state index in [0.717, 1.165) is 16.5 Å². The highest BCUT2D eigenvalue weighted by Crippen LogP contribution is 2.34. The van der Waals surface area contributed by atoms with Crippen LogP contribution in [0.5, 0.6) is 0 Å². The van der Waals surface area contributed by atoms with E-state index in [0.29, 0.717) is 0 Å². The fourth-order valence-corrected chi connectivity index (χ4v) is 3.78. The SMILES string of the molecule is NC(c1csc2ccccc12)c1cccc2cccnc12. The van der Waals surface area contributed by atoms with Crippen molar-refractivity contribution >= 4 is 32.3 Å². The molecule has 2 nitrogen and oxygen atoms in total. The molecule has 102 valence electrons. The normalized spacial score (nSPS) is 12.8. The molecule has 4 rings (SSSR count). The van der Waals surface area contributed by atoms with E-state index < -0.39 is 0 Å². The molecule has 0 spiro atoms. The first-order valence-electron chi connectivity index (χ1n) is 6.90. The zero-order valence-electron chi connectivity index (χ0n) is 11.4. The Kier molecular flexibility index (Phi) is 2.95. The summed E-state index contributed by atoms with van der Waals surface area (Å²) in [6.07, 6.45) is 1.82. The molecule has 0 aliphatic carbocycles. The minimum Gasteiger partial charge on any atom is -0.320 e. The molecule has 2 aromatic carbocycles. The summed E-state index contributed by atoms with van der Waals surface area (Å²) < 4.78 is 1.27. The van der Waals surface area contributed by atoms with Crippen molar-refractivity contribution in [3.05, 3.63) is 77.3 Å². The van der Waals surface area contributed by atoms with Gasteiger partial charge >= 0.3 is 0 Å². The van der Waals surface area contributed by atoms with Gasteiger partial charge in [-0.1, -0.05) is 42.5 Å². The van der Waals surface area contributed by atoms with Crippen LogP contribution in [0.2, 0.25) is 0 Å². The Bertz CT molecular complexity index is 921. The van der Waals surface area contributed by atoms with Crippen molar-refractivity contribution in [3.8, 4) is 0 Å². The summed E-state index contributed by atoms with van der Waals surface area (Å²) in [5.74, 6) is 0. The number of aromatic nitrogens is 1. The maximum atomic E-state index is 6.56. The molecule has 4 aromatic rings. The van der Waals surface area contributed by atoms with Gasteiger partial charge in [-0.25, -0.2) is 0 Å². The molecule has 0 bridgehead atoms. The van der Waals surface area contributed by atoms with Crippen LogP contribution >= 0.6 is 11.3 Å². The molecule has 3 heteroatoms. The van der Waals surface area contributed by atoms with Gasteiger partial charge in [0.25, 0.3) is 0 Å². The van der Waals surface area contributed by atoms with Crippen molar-refractivity contribution in [1.82, 2.24) is 4.98 Å². The smallest absolute Gasteiger partial charge is 0.0753 e. The number of nitrogens with two attached hydrogens (primary N) is 1. The lowest BCUT2D eigenvalue weighted by molar-refractivity contribution is 0.891. The molecule has 0 saturated heterocycles. The third-order valence-electron chi connectivity index (χ3n) is 3.84. The summed E-state index contributed by atoms with van der Waals surface area (Å²) in [6, 6.07) is 18.5. The molecule has 0 aliphatic rings. The molecule has 0 aliphatic heterocycles. The van der Waals surface area contributed by atoms with Crippen LogP contribution in [0.3, 0.4) is 0 Å². The molecule has 2 aromatic heterocycles. The van der Waals surface area contributed by atoms with E-state index >= 15 is 0 Å². The van der Waals surface area contributed by atoms with Crippen LogP contribution in [0.15, 0.2) is 66.2 Å². The Morgan fingerprint density at radius 3 is 2.71 bits per heavy atom. The average Bonchev–Trinajstić information content (AvgIpc) is 2.98. The highest BCUT2D eigenvalue weighted by molar-refractivity contribution is 7.17. The van der Waals surface area contributed by atoms with Crippen LogP contribution in [-0.4, -0.2) is 4.98 Å². The van der Waals surface area contributed by atoms with Crippen LogP contribution < -0.4 is 5.73 Å². The van der Waals surface area contributed by atoms with Crippen molar-refractivity contribution in [2.45, 2.75) is 6.04 Å². The largest absolute Gasteiger partial charge is 0.320 e. The second-order valence-corrected chi connectivity index (χ2v) is 6.00. The number of rotatable bonds is 2. The maximum Gasteiger partial charge on any atom is 0.0753 e. The lowest BCUT2D eigenvalue weighted by Crippen LogP contribution is -2.12. The number of pyridine rings is 1. The van der Waals surface area contributed by atoms with Crippen molar-refractivity contribution in [2.24, 2.45) is 5.73 Å². The van der Waals surface area contributed by atoms with Crippen LogP contribution in [0.1, 0.15) is 17.2 Å². The lowest BCUT2D eigenvalue weighted by atomic mass is 9.97. The molecule has 2 heterocycles. The van der Waals surface area contributed by atoms with Crippen LogP contribution in [0.25, 0.3) is 21.0 Å². The van der Waals surface area contributed by atoms with E-state index in [1.54, 1.807) is 11.3 Å². The Labute approximate surface area is 126 Å². The fraction of sp³-hybridized carbons (Fsp3) is 0.0556. The van der Waals surface area contributed by atoms with E-state index in [4.69, 9.17) is 5.73 Å². The lowest BCUT2D eigenvalue weighted by Gasteiger charge is -2.13. The summed E-state index contributed by atoms with van der Waals surface area (Å²) in [5.41, 5.74) is 9.80. The summed E-state index contributed by atoms with van der Waals surface area (Å²) in [4.78, 5) is 4.52. The van der Waals surface area contributed by atoms with Gasteiger partial charge in [0.05, 0.1) is 11.6 Å². The average molecular weight is 290 g/mol. The molecule has 0 saturated carbocycles. The Morgan fingerprint density at radius 2 is 1.76 bits per heavy atom. The maximum absolute atomic E-state index is 6.56. The van der Waals surface area contributed by atoms with Crippen LogP contribution in [0.4, 0.5) is 0 Å². The Hall–Kier alpha value is -2.23. The standard InChI is InChI=1S/C18H14N2S/c19-17(15-11-21-16-9-2-1-7-13(15)16)14-8-3-5-12-6-4-10-20-18(12)14/h1-11,17H,19H2. The number of benzene rings is 2. The second kappa shape index (κ2) is 4.95. The number of para-hydroxylation sites is 1. The monoisotopic (exact) mass is 290 g/mol. The molecule has 0 fully saturated rings. The number of hydrogen-bond acceptors (Lipinski definition) is 3. The minimum absolute atomic E-state index is 0.153. The molecule has 2 N–H and O–H groups in total. The number of thiophene rings is 1. The number of nitrogens with zero attached hydrogens (tertiary/aromatic N) is 1. The minimum atomic E-state index is -0.153. The number of fused-ring (bicyclic) bond motifs is 2. The van der Waals surface area contributed by atoms with Crippen molar-refractivity contribution < 1.29 is 0 Å². The fourth-order valence-electron chi connectivity index (χ4n) is 2.79. The molecule has 1 unspecified atom stereocenters. The van der Waals surface area contributed by atoms with Gasteiger partial charge in [0.2, 0.25) is 0 Å². The molecule has 1 atom stereocenters. The van der Waals surface area contributed by atoms with Crippen molar-refractivity contribution in [3.63, 3.8) is 0 Å². The van der Waals surface area contributed by atoms with Gasteiger partial charge in [0.1, 0.15) is 0 Å². The molecule has 0 radical (unpaired) electrons. The van der Waals surface area contributed by atoms with Gasteiger partial charge in [-0.3, -0.25) is 4.98 Å². The van der Waals surface area contributed by atoms with E-state index in [1.807, 2.05) is 18.3 Å². The van der Waals surface area contributed by atoms with E-state index in [2.05, 4.69) is 52.8 Å². The van der Waals surface area contributed by atoms with Gasteiger partial charge in [-0.05, 0) is 34.0 Å². The predicted molar refractivity (Wildman–Crippen MR) is 89.6 cm³/mol. The number of hydrogen-bond donors (Lipinski definition) is 1. The topological polar surface area (TPSA) is 38.9 Å². The summed E-state index contributed by atoms with van der Waals surface area (Å²) in [5, 5.41) is 4.53. The van der Waals surface area contributed by atoms with Crippen LogP contribution in [0, 0.1) is 0 Å². The second-order valence-electron chi connectivity index (χ2n) is 5.09. The van der Waals surface area contributed by atoms with Gasteiger partial charge in [0, 0.05) is 16.3 Å². The Morgan fingerprint density at radius 1 is 0.905 bits per heavy atom. The molecule has 0 amide bonds. The summed E-state index contributed by atoms with van der Waals surface area (Å²) in [7, 11) is 0. The Balaban J connectivity index is 1.92. The quantitative estimate of drug-likeness (QED) is 0.590. The van der Waals surface area contributed by atoms with Gasteiger partial charge in [0.15, 0.2) is 0 Å². The molecular weight excluding hydrogens is 276 g/mol.